The highest BCUT2D eigenvalue weighted by molar-refractivity contribution is 8.93. The van der Waals surface area contributed by atoms with E-state index in [2.05, 4.69) is 15.3 Å². The van der Waals surface area contributed by atoms with Crippen LogP contribution >= 0.6 is 28.7 Å². The van der Waals surface area contributed by atoms with Crippen molar-refractivity contribution in [1.29, 1.82) is 0 Å². The van der Waals surface area contributed by atoms with Crippen LogP contribution in [0, 0.1) is 10.1 Å². The quantitative estimate of drug-likeness (QED) is 0.477. The van der Waals surface area contributed by atoms with E-state index in [0.29, 0.717) is 16.7 Å². The van der Waals surface area contributed by atoms with E-state index in [1.165, 1.54) is 23.9 Å². The van der Waals surface area contributed by atoms with E-state index in [1.54, 1.807) is 10.7 Å². The summed E-state index contributed by atoms with van der Waals surface area (Å²) in [4.78, 5) is 10.6. The zero-order valence-electron chi connectivity index (χ0n) is 12.8. The van der Waals surface area contributed by atoms with Gasteiger partial charge in [-0.3, -0.25) is 10.1 Å². The Morgan fingerprint density at radius 1 is 1.04 bits per heavy atom. The molecule has 9 heteroatoms. The molecule has 2 aromatic carbocycles. The summed E-state index contributed by atoms with van der Waals surface area (Å²) < 4.78 is 1.69. The predicted molar refractivity (Wildman–Crippen MR) is 102 cm³/mol. The van der Waals surface area contributed by atoms with Gasteiger partial charge in [0, 0.05) is 29.0 Å². The minimum Gasteiger partial charge on any atom is -0.258 e. The average Bonchev–Trinajstić information content (AvgIpc) is 3.05. The SMILES string of the molecule is Br.O=[N+]([O-])c1cccc(C2=Nn3c(nnc3-c3ccccc3)SC2)c1. The van der Waals surface area contributed by atoms with Crippen molar-refractivity contribution in [2.75, 3.05) is 5.75 Å². The molecule has 0 bridgehead atoms. The summed E-state index contributed by atoms with van der Waals surface area (Å²) in [7, 11) is 0. The molecule has 2 heterocycles. The summed E-state index contributed by atoms with van der Waals surface area (Å²) in [6.45, 7) is 0. The van der Waals surface area contributed by atoms with Crippen LogP contribution in [0.15, 0.2) is 64.9 Å². The van der Waals surface area contributed by atoms with Crippen molar-refractivity contribution in [3.05, 3.63) is 70.3 Å². The first-order valence-corrected chi connectivity index (χ1v) is 8.17. The highest BCUT2D eigenvalue weighted by Gasteiger charge is 2.21. The van der Waals surface area contributed by atoms with Crippen molar-refractivity contribution in [3.8, 4) is 11.4 Å². The number of nitro groups is 1. The summed E-state index contributed by atoms with van der Waals surface area (Å²) >= 11 is 1.51. The lowest BCUT2D eigenvalue weighted by atomic mass is 10.1. The molecular weight excluding hydrogens is 406 g/mol. The van der Waals surface area contributed by atoms with Gasteiger partial charge in [0.1, 0.15) is 0 Å². The third-order valence-electron chi connectivity index (χ3n) is 3.59. The monoisotopic (exact) mass is 417 g/mol. The molecule has 0 radical (unpaired) electrons. The zero-order valence-corrected chi connectivity index (χ0v) is 15.3. The second kappa shape index (κ2) is 7.16. The van der Waals surface area contributed by atoms with Gasteiger partial charge in [0.15, 0.2) is 5.82 Å². The number of nitrogens with zero attached hydrogens (tertiary/aromatic N) is 5. The molecule has 1 aromatic heterocycles. The molecule has 0 fully saturated rings. The fourth-order valence-corrected chi connectivity index (χ4v) is 3.27. The van der Waals surface area contributed by atoms with E-state index in [-0.39, 0.29) is 22.7 Å². The maximum absolute atomic E-state index is 11.0. The molecule has 0 aliphatic carbocycles. The Morgan fingerprint density at radius 3 is 2.56 bits per heavy atom. The predicted octanol–water partition coefficient (Wildman–Crippen LogP) is 3.79. The first-order valence-electron chi connectivity index (χ1n) is 7.19. The van der Waals surface area contributed by atoms with Crippen molar-refractivity contribution < 1.29 is 4.92 Å². The van der Waals surface area contributed by atoms with Gasteiger partial charge in [-0.15, -0.1) is 27.2 Å². The minimum absolute atomic E-state index is 0. The molecule has 0 N–H and O–H groups in total. The van der Waals surface area contributed by atoms with Gasteiger partial charge in [0.25, 0.3) is 5.69 Å². The van der Waals surface area contributed by atoms with Crippen molar-refractivity contribution in [1.82, 2.24) is 14.9 Å². The number of hydrogen-bond acceptors (Lipinski definition) is 6. The van der Waals surface area contributed by atoms with Gasteiger partial charge in [0.2, 0.25) is 5.16 Å². The lowest BCUT2D eigenvalue weighted by Gasteiger charge is -2.13. The third-order valence-corrected chi connectivity index (χ3v) is 4.52. The number of rotatable bonds is 3. The Kier molecular flexibility index (Phi) is 4.95. The second-order valence-electron chi connectivity index (χ2n) is 5.13. The molecular formula is C16H12BrN5O2S. The van der Waals surface area contributed by atoms with Gasteiger partial charge in [-0.2, -0.15) is 9.78 Å². The Balaban J connectivity index is 0.00000182. The van der Waals surface area contributed by atoms with Gasteiger partial charge in [-0.25, -0.2) is 0 Å². The van der Waals surface area contributed by atoms with Crippen LogP contribution < -0.4 is 0 Å². The molecule has 0 saturated carbocycles. The van der Waals surface area contributed by atoms with Crippen molar-refractivity contribution >= 4 is 40.1 Å². The van der Waals surface area contributed by atoms with Crippen LogP contribution in [-0.4, -0.2) is 31.3 Å². The molecule has 7 nitrogen and oxygen atoms in total. The van der Waals surface area contributed by atoms with Crippen molar-refractivity contribution in [2.45, 2.75) is 5.16 Å². The van der Waals surface area contributed by atoms with Crippen LogP contribution in [0.2, 0.25) is 0 Å². The molecule has 0 atom stereocenters. The first-order chi connectivity index (χ1) is 11.7. The number of thioether (sulfide) groups is 1. The molecule has 1 aliphatic heterocycles. The lowest BCUT2D eigenvalue weighted by molar-refractivity contribution is -0.384. The normalized spacial score (nSPS) is 12.7. The first kappa shape index (κ1) is 17.3. The maximum Gasteiger partial charge on any atom is 0.270 e. The highest BCUT2D eigenvalue weighted by Crippen LogP contribution is 2.28. The molecule has 25 heavy (non-hydrogen) atoms. The number of fused-ring (bicyclic) bond motifs is 1. The van der Waals surface area contributed by atoms with Gasteiger partial charge < -0.3 is 0 Å². The van der Waals surface area contributed by atoms with Crippen LogP contribution in [0.25, 0.3) is 11.4 Å². The molecule has 0 unspecified atom stereocenters. The maximum atomic E-state index is 11.0. The number of non-ortho nitro benzene ring substituents is 1. The number of halogens is 1. The zero-order chi connectivity index (χ0) is 16.5. The largest absolute Gasteiger partial charge is 0.270 e. The Morgan fingerprint density at radius 2 is 1.80 bits per heavy atom. The van der Waals surface area contributed by atoms with E-state index >= 15 is 0 Å². The fraction of sp³-hybridized carbons (Fsp3) is 0.0625. The van der Waals surface area contributed by atoms with Crippen LogP contribution in [0.3, 0.4) is 0 Å². The number of aromatic nitrogens is 3. The number of hydrogen-bond donors (Lipinski definition) is 0. The number of benzene rings is 2. The standard InChI is InChI=1S/C16H11N5O2S.BrH/c22-21(23)13-8-4-7-12(9-13)14-10-24-16-18-17-15(20(16)19-14)11-5-2-1-3-6-11;/h1-9H,10H2;1H. The van der Waals surface area contributed by atoms with E-state index in [9.17, 15) is 10.1 Å². The molecule has 126 valence electrons. The van der Waals surface area contributed by atoms with E-state index < -0.39 is 4.92 Å². The molecule has 0 spiro atoms. The fourth-order valence-electron chi connectivity index (χ4n) is 2.44. The average molecular weight is 418 g/mol. The van der Waals surface area contributed by atoms with Gasteiger partial charge in [-0.05, 0) is 0 Å². The lowest BCUT2D eigenvalue weighted by Crippen LogP contribution is -2.14. The molecule has 0 amide bonds. The molecule has 3 aromatic rings. The van der Waals surface area contributed by atoms with Crippen LogP contribution in [0.5, 0.6) is 0 Å². The van der Waals surface area contributed by atoms with Gasteiger partial charge in [0.05, 0.1) is 10.6 Å². The Labute approximate surface area is 157 Å². The summed E-state index contributed by atoms with van der Waals surface area (Å²) in [6, 6.07) is 16.2. The molecule has 0 saturated heterocycles. The van der Waals surface area contributed by atoms with Crippen LogP contribution in [0.4, 0.5) is 5.69 Å². The minimum atomic E-state index is -0.403. The van der Waals surface area contributed by atoms with Crippen LogP contribution in [-0.2, 0) is 0 Å². The van der Waals surface area contributed by atoms with E-state index in [0.717, 1.165) is 16.8 Å². The summed E-state index contributed by atoms with van der Waals surface area (Å²) in [5.41, 5.74) is 2.46. The summed E-state index contributed by atoms with van der Waals surface area (Å²) in [5, 5.41) is 24.7. The highest BCUT2D eigenvalue weighted by atomic mass is 79.9. The Hall–Kier alpha value is -2.52. The van der Waals surface area contributed by atoms with Crippen LogP contribution in [0.1, 0.15) is 5.56 Å². The van der Waals surface area contributed by atoms with Crippen molar-refractivity contribution in [2.24, 2.45) is 5.10 Å². The second-order valence-corrected chi connectivity index (χ2v) is 6.07. The summed E-state index contributed by atoms with van der Waals surface area (Å²) in [5.74, 6) is 1.24. The van der Waals surface area contributed by atoms with E-state index in [1.807, 2.05) is 36.4 Å². The van der Waals surface area contributed by atoms with E-state index in [4.69, 9.17) is 0 Å². The smallest absolute Gasteiger partial charge is 0.258 e. The van der Waals surface area contributed by atoms with Gasteiger partial charge >= 0.3 is 0 Å². The number of nitro benzene ring substituents is 1. The van der Waals surface area contributed by atoms with Gasteiger partial charge in [-0.1, -0.05) is 54.2 Å². The molecule has 4 rings (SSSR count). The third kappa shape index (κ3) is 3.33. The topological polar surface area (TPSA) is 86.2 Å². The summed E-state index contributed by atoms with van der Waals surface area (Å²) in [6.07, 6.45) is 0. The Bertz CT molecular complexity index is 958. The van der Waals surface area contributed by atoms with Crippen molar-refractivity contribution in [3.63, 3.8) is 0 Å². The molecule has 1 aliphatic rings.